The number of nitrogens with zero attached hydrogens (tertiary/aromatic N) is 3. The number of carbonyl (C=O) groups excluding carboxylic acids is 3. The highest BCUT2D eigenvalue weighted by Crippen LogP contribution is 2.54. The van der Waals surface area contributed by atoms with Gasteiger partial charge in [0.15, 0.2) is 11.5 Å². The molecule has 3 aliphatic rings. The molecular formula is C30H28F3N3O6S2. The van der Waals surface area contributed by atoms with Crippen LogP contribution in [0.5, 0.6) is 11.5 Å². The quantitative estimate of drug-likeness (QED) is 0.382. The maximum atomic E-state index is 14.0. The maximum absolute atomic E-state index is 14.0. The van der Waals surface area contributed by atoms with Gasteiger partial charge >= 0.3 is 11.0 Å². The van der Waals surface area contributed by atoms with E-state index in [1.165, 1.54) is 16.7 Å². The first-order valence-electron chi connectivity index (χ1n) is 14.2. The first-order valence-corrected chi connectivity index (χ1v) is 15.9. The van der Waals surface area contributed by atoms with E-state index in [-0.39, 0.29) is 36.2 Å². The molecule has 3 aliphatic heterocycles. The number of alkyl halides is 3. The van der Waals surface area contributed by atoms with E-state index in [0.717, 1.165) is 65.5 Å². The molecule has 0 radical (unpaired) electrons. The molecule has 232 valence electrons. The third-order valence-corrected chi connectivity index (χ3v) is 10.7. The third-order valence-electron chi connectivity index (χ3n) is 8.13. The summed E-state index contributed by atoms with van der Waals surface area (Å²) < 4.78 is 47.5. The van der Waals surface area contributed by atoms with Gasteiger partial charge in [0.1, 0.15) is 11.8 Å². The van der Waals surface area contributed by atoms with Crippen LogP contribution in [0.1, 0.15) is 48.1 Å². The van der Waals surface area contributed by atoms with Crippen LogP contribution in [0.15, 0.2) is 52.3 Å². The average molecular weight is 648 g/mol. The molecular weight excluding hydrogens is 619 g/mol. The number of fused-ring (bicyclic) bond motifs is 2. The number of imide groups is 1. The van der Waals surface area contributed by atoms with E-state index in [1.807, 2.05) is 0 Å². The van der Waals surface area contributed by atoms with Crippen LogP contribution in [0.25, 0.3) is 0 Å². The molecule has 4 heterocycles. The Kier molecular flexibility index (Phi) is 7.99. The second-order valence-electron chi connectivity index (χ2n) is 10.8. The van der Waals surface area contributed by atoms with E-state index in [4.69, 9.17) is 4.74 Å². The summed E-state index contributed by atoms with van der Waals surface area (Å²) in [6.45, 7) is 2.91. The van der Waals surface area contributed by atoms with Gasteiger partial charge in [-0.25, -0.2) is 4.90 Å². The molecule has 9 nitrogen and oxygen atoms in total. The normalized spacial score (nSPS) is 21.8. The van der Waals surface area contributed by atoms with Gasteiger partial charge in [-0.3, -0.25) is 23.7 Å². The minimum atomic E-state index is -4.69. The first kappa shape index (κ1) is 30.3. The molecule has 3 unspecified atom stereocenters. The van der Waals surface area contributed by atoms with E-state index >= 15 is 0 Å². The number of phenols is 1. The number of ether oxygens (including phenoxy) is 1. The number of thiazole rings is 1. The molecule has 14 heteroatoms. The van der Waals surface area contributed by atoms with Gasteiger partial charge in [0.05, 0.1) is 28.8 Å². The summed E-state index contributed by atoms with van der Waals surface area (Å²) in [6, 6.07) is 8.54. The third kappa shape index (κ3) is 5.27. The lowest BCUT2D eigenvalue weighted by molar-refractivity contribution is -0.137. The molecule has 2 saturated heterocycles. The van der Waals surface area contributed by atoms with E-state index < -0.39 is 45.5 Å². The number of anilines is 1. The van der Waals surface area contributed by atoms with Crippen molar-refractivity contribution in [3.8, 4) is 11.5 Å². The van der Waals surface area contributed by atoms with E-state index in [9.17, 15) is 37.5 Å². The summed E-state index contributed by atoms with van der Waals surface area (Å²) in [7, 11) is 0. The van der Waals surface area contributed by atoms with Gasteiger partial charge in [-0.15, -0.1) is 0 Å². The highest BCUT2D eigenvalue weighted by atomic mass is 32.2. The SMILES string of the molecule is CCOc1cc(C2c3sc(=O)n(CC(=O)N4CCCCC4)c3SC3C(=O)N(c4cccc(C(F)(F)F)c4)C(=O)C32)ccc1O. The number of amides is 3. The minimum absolute atomic E-state index is 0.139. The number of likely N-dealkylation sites (tertiary alicyclic amines) is 1. The van der Waals surface area contributed by atoms with Crippen molar-refractivity contribution in [1.29, 1.82) is 0 Å². The second kappa shape index (κ2) is 11.6. The number of halogens is 3. The number of hydrogen-bond donors (Lipinski definition) is 1. The summed E-state index contributed by atoms with van der Waals surface area (Å²) in [5.74, 6) is -3.59. The lowest BCUT2D eigenvalue weighted by atomic mass is 9.83. The fourth-order valence-corrected chi connectivity index (χ4v) is 8.84. The predicted octanol–water partition coefficient (Wildman–Crippen LogP) is 4.84. The van der Waals surface area contributed by atoms with Crippen molar-refractivity contribution in [1.82, 2.24) is 9.47 Å². The number of piperidine rings is 1. The minimum Gasteiger partial charge on any atom is -0.504 e. The topological polar surface area (TPSA) is 109 Å². The second-order valence-corrected chi connectivity index (χ2v) is 13.0. The van der Waals surface area contributed by atoms with Crippen LogP contribution in [0.2, 0.25) is 0 Å². The zero-order valence-corrected chi connectivity index (χ0v) is 25.1. The van der Waals surface area contributed by atoms with Gasteiger partial charge in [-0.05, 0) is 62.1 Å². The van der Waals surface area contributed by atoms with Crippen molar-refractivity contribution in [3.05, 3.63) is 68.1 Å². The Balaban J connectivity index is 1.46. The number of thioether (sulfide) groups is 1. The molecule has 0 spiro atoms. The van der Waals surface area contributed by atoms with Gasteiger partial charge in [-0.2, -0.15) is 13.2 Å². The molecule has 2 fully saturated rings. The van der Waals surface area contributed by atoms with Crippen molar-refractivity contribution in [2.75, 3.05) is 24.6 Å². The number of aromatic nitrogens is 1. The van der Waals surface area contributed by atoms with Crippen molar-refractivity contribution >= 4 is 46.5 Å². The number of hydrogen-bond acceptors (Lipinski definition) is 8. The number of aromatic hydroxyl groups is 1. The first-order chi connectivity index (χ1) is 21.0. The molecule has 6 rings (SSSR count). The average Bonchev–Trinajstić information content (AvgIpc) is 3.44. The van der Waals surface area contributed by atoms with Crippen LogP contribution < -0.4 is 14.5 Å². The molecule has 3 aromatic rings. The molecule has 1 N–H and O–H groups in total. The fourth-order valence-electron chi connectivity index (χ4n) is 6.06. The Hall–Kier alpha value is -3.78. The Morgan fingerprint density at radius 1 is 1.05 bits per heavy atom. The van der Waals surface area contributed by atoms with Gasteiger partial charge in [0, 0.05) is 23.9 Å². The lowest BCUT2D eigenvalue weighted by Gasteiger charge is -2.31. The van der Waals surface area contributed by atoms with Crippen LogP contribution in [0.3, 0.4) is 0 Å². The number of phenolic OH excluding ortho intramolecular Hbond substituents is 1. The largest absolute Gasteiger partial charge is 0.504 e. The Morgan fingerprint density at radius 3 is 2.50 bits per heavy atom. The molecule has 3 atom stereocenters. The van der Waals surface area contributed by atoms with Gasteiger partial charge in [0.2, 0.25) is 17.7 Å². The maximum Gasteiger partial charge on any atom is 0.416 e. The van der Waals surface area contributed by atoms with Gasteiger partial charge < -0.3 is 14.7 Å². The Morgan fingerprint density at radius 2 is 1.80 bits per heavy atom. The molecule has 44 heavy (non-hydrogen) atoms. The summed E-state index contributed by atoms with van der Waals surface area (Å²) in [5, 5.41) is 9.64. The highest BCUT2D eigenvalue weighted by Gasteiger charge is 2.57. The van der Waals surface area contributed by atoms with Crippen molar-refractivity contribution < 1.29 is 37.4 Å². The molecule has 3 amide bonds. The van der Waals surface area contributed by atoms with Crippen LogP contribution in [-0.2, 0) is 27.1 Å². The van der Waals surface area contributed by atoms with Crippen LogP contribution in [0, 0.1) is 5.92 Å². The smallest absolute Gasteiger partial charge is 0.416 e. The monoisotopic (exact) mass is 647 g/mol. The van der Waals surface area contributed by atoms with E-state index in [2.05, 4.69) is 0 Å². The van der Waals surface area contributed by atoms with Crippen molar-refractivity contribution in [2.24, 2.45) is 5.92 Å². The van der Waals surface area contributed by atoms with Gasteiger partial charge in [-0.1, -0.05) is 35.2 Å². The van der Waals surface area contributed by atoms with E-state index in [0.29, 0.717) is 28.6 Å². The summed E-state index contributed by atoms with van der Waals surface area (Å²) in [6.07, 6.45) is -1.93. The fraction of sp³-hybridized carbons (Fsp3) is 0.400. The highest BCUT2D eigenvalue weighted by molar-refractivity contribution is 8.00. The standard InChI is InChI=1S/C30H28F3N3O6S2/c1-2-42-20-13-16(9-10-19(20)37)22-23-24(27(40)36(26(23)39)18-8-6-7-17(14-18)30(31,32)33)43-28-25(22)44-29(41)35(28)15-21(38)34-11-4-3-5-12-34/h6-10,13-14,22-24,37H,2-5,11-12,15H2,1H3. The van der Waals surface area contributed by atoms with Crippen molar-refractivity contribution in [3.63, 3.8) is 0 Å². The summed E-state index contributed by atoms with van der Waals surface area (Å²) in [4.78, 5) is 57.0. The van der Waals surface area contributed by atoms with Crippen molar-refractivity contribution in [2.45, 2.75) is 55.1 Å². The summed E-state index contributed by atoms with van der Waals surface area (Å²) >= 11 is 1.86. The molecule has 0 saturated carbocycles. The lowest BCUT2D eigenvalue weighted by Crippen LogP contribution is -2.39. The molecule has 1 aromatic heterocycles. The van der Waals surface area contributed by atoms with Crippen LogP contribution in [0.4, 0.5) is 18.9 Å². The summed E-state index contributed by atoms with van der Waals surface area (Å²) in [5.41, 5.74) is -0.727. The molecule has 0 bridgehead atoms. The number of benzene rings is 2. The molecule has 2 aromatic carbocycles. The zero-order valence-electron chi connectivity index (χ0n) is 23.5. The predicted molar refractivity (Wildman–Crippen MR) is 157 cm³/mol. The Bertz CT molecular complexity index is 1700. The van der Waals surface area contributed by atoms with Gasteiger partial charge in [0.25, 0.3) is 0 Å². The number of carbonyl (C=O) groups is 3. The molecule has 0 aliphatic carbocycles. The zero-order chi connectivity index (χ0) is 31.3. The van der Waals surface area contributed by atoms with Crippen LogP contribution in [-0.4, -0.2) is 57.2 Å². The van der Waals surface area contributed by atoms with E-state index in [1.54, 1.807) is 24.0 Å². The number of rotatable bonds is 6. The van der Waals surface area contributed by atoms with Crippen LogP contribution >= 0.6 is 23.1 Å². The Labute approximate surface area is 258 Å².